The van der Waals surface area contributed by atoms with E-state index in [1.165, 1.54) is 6.07 Å². The van der Waals surface area contributed by atoms with Gasteiger partial charge in [0.05, 0.1) is 11.3 Å². The molecule has 0 spiro atoms. The highest BCUT2D eigenvalue weighted by Crippen LogP contribution is 2.21. The highest BCUT2D eigenvalue weighted by Gasteiger charge is 2.10. The first kappa shape index (κ1) is 10.3. The van der Waals surface area contributed by atoms with Gasteiger partial charge in [0.1, 0.15) is 5.82 Å². The molecule has 5 heteroatoms. The number of primary amides is 1. The lowest BCUT2D eigenvalue weighted by Gasteiger charge is -2.08. The third-order valence-corrected chi connectivity index (χ3v) is 1.77. The Labute approximate surface area is 81.1 Å². The van der Waals surface area contributed by atoms with Crippen LogP contribution in [0.2, 0.25) is 0 Å². The summed E-state index contributed by atoms with van der Waals surface area (Å²) in [4.78, 5) is 10.9. The topological polar surface area (TPSA) is 81.1 Å². The maximum absolute atomic E-state index is 13.2. The number of anilines is 2. The molecule has 0 aliphatic carbocycles. The van der Waals surface area contributed by atoms with Crippen LogP contribution < -0.4 is 16.8 Å². The summed E-state index contributed by atoms with van der Waals surface area (Å²) in [6.07, 6.45) is 0. The Hall–Kier alpha value is -1.78. The zero-order valence-corrected chi connectivity index (χ0v) is 7.80. The van der Waals surface area contributed by atoms with E-state index in [0.29, 0.717) is 6.54 Å². The van der Waals surface area contributed by atoms with Crippen LogP contribution in [0.15, 0.2) is 12.1 Å². The summed E-state index contributed by atoms with van der Waals surface area (Å²) in [5.41, 5.74) is 10.9. The standard InChI is InChI=1S/C9H12FN3O/c1-2-13-8-3-5(9(12)14)7(11)4-6(8)10/h3-4,13H,2,11H2,1H3,(H2,12,14). The Morgan fingerprint density at radius 2 is 2.21 bits per heavy atom. The molecule has 14 heavy (non-hydrogen) atoms. The predicted molar refractivity (Wildman–Crippen MR) is 53.5 cm³/mol. The van der Waals surface area contributed by atoms with Crippen molar-refractivity contribution in [3.05, 3.63) is 23.5 Å². The number of amides is 1. The van der Waals surface area contributed by atoms with Crippen LogP contribution in [0.3, 0.4) is 0 Å². The molecule has 0 aliphatic heterocycles. The molecule has 76 valence electrons. The summed E-state index contributed by atoms with van der Waals surface area (Å²) in [5, 5.41) is 2.76. The number of hydrogen-bond acceptors (Lipinski definition) is 3. The lowest BCUT2D eigenvalue weighted by Crippen LogP contribution is -2.14. The number of nitrogens with one attached hydrogen (secondary N) is 1. The van der Waals surface area contributed by atoms with Crippen LogP contribution in [0.5, 0.6) is 0 Å². The fourth-order valence-electron chi connectivity index (χ4n) is 1.13. The smallest absolute Gasteiger partial charge is 0.250 e. The second-order valence-corrected chi connectivity index (χ2v) is 2.81. The molecule has 0 aliphatic rings. The second kappa shape index (κ2) is 3.95. The van der Waals surface area contributed by atoms with Crippen molar-refractivity contribution in [1.82, 2.24) is 0 Å². The molecule has 0 bridgehead atoms. The van der Waals surface area contributed by atoms with Gasteiger partial charge in [0.25, 0.3) is 5.91 Å². The molecule has 1 aromatic carbocycles. The quantitative estimate of drug-likeness (QED) is 0.631. The summed E-state index contributed by atoms with van der Waals surface area (Å²) in [6, 6.07) is 2.40. The Morgan fingerprint density at radius 3 is 2.71 bits per heavy atom. The van der Waals surface area contributed by atoms with Gasteiger partial charge in [-0.05, 0) is 19.1 Å². The third kappa shape index (κ3) is 1.93. The molecule has 0 radical (unpaired) electrons. The lowest BCUT2D eigenvalue weighted by molar-refractivity contribution is 0.100. The van der Waals surface area contributed by atoms with E-state index in [1.807, 2.05) is 6.92 Å². The Balaban J connectivity index is 3.20. The average molecular weight is 197 g/mol. The molecule has 4 nitrogen and oxygen atoms in total. The molecular formula is C9H12FN3O. The van der Waals surface area contributed by atoms with Crippen LogP contribution in [0, 0.1) is 5.82 Å². The molecule has 1 rings (SSSR count). The van der Waals surface area contributed by atoms with Gasteiger partial charge in [-0.3, -0.25) is 4.79 Å². The Bertz CT molecular complexity index is 365. The van der Waals surface area contributed by atoms with Crippen LogP contribution in [0.25, 0.3) is 0 Å². The van der Waals surface area contributed by atoms with Crippen LogP contribution in [0.1, 0.15) is 17.3 Å². The van der Waals surface area contributed by atoms with E-state index < -0.39 is 11.7 Å². The Morgan fingerprint density at radius 1 is 1.57 bits per heavy atom. The van der Waals surface area contributed by atoms with Crippen LogP contribution >= 0.6 is 0 Å². The number of rotatable bonds is 3. The van der Waals surface area contributed by atoms with Gasteiger partial charge in [-0.2, -0.15) is 0 Å². The molecule has 0 saturated carbocycles. The van der Waals surface area contributed by atoms with Crippen molar-refractivity contribution in [3.63, 3.8) is 0 Å². The van der Waals surface area contributed by atoms with E-state index in [4.69, 9.17) is 11.5 Å². The summed E-state index contributed by atoms with van der Waals surface area (Å²) in [5.74, 6) is -1.16. The summed E-state index contributed by atoms with van der Waals surface area (Å²) in [7, 11) is 0. The lowest BCUT2D eigenvalue weighted by atomic mass is 10.1. The second-order valence-electron chi connectivity index (χ2n) is 2.81. The Kier molecular flexibility index (Phi) is 2.91. The first-order chi connectivity index (χ1) is 6.56. The minimum absolute atomic E-state index is 0.0525. The fourth-order valence-corrected chi connectivity index (χ4v) is 1.13. The summed E-state index contributed by atoms with van der Waals surface area (Å²) in [6.45, 7) is 2.37. The number of halogens is 1. The molecule has 0 atom stereocenters. The SMILES string of the molecule is CCNc1cc(C(N)=O)c(N)cc1F. The van der Waals surface area contributed by atoms with Gasteiger partial charge >= 0.3 is 0 Å². The molecule has 5 N–H and O–H groups in total. The van der Waals surface area contributed by atoms with Crippen molar-refractivity contribution in [1.29, 1.82) is 0 Å². The maximum Gasteiger partial charge on any atom is 0.250 e. The molecule has 0 aromatic heterocycles. The average Bonchev–Trinajstić information content (AvgIpc) is 2.09. The zero-order valence-electron chi connectivity index (χ0n) is 7.80. The van der Waals surface area contributed by atoms with E-state index in [-0.39, 0.29) is 16.9 Å². The van der Waals surface area contributed by atoms with Gasteiger partial charge < -0.3 is 16.8 Å². The number of nitrogens with two attached hydrogens (primary N) is 2. The van der Waals surface area contributed by atoms with Gasteiger partial charge in [-0.1, -0.05) is 0 Å². The first-order valence-corrected chi connectivity index (χ1v) is 4.19. The molecule has 0 fully saturated rings. The monoisotopic (exact) mass is 197 g/mol. The van der Waals surface area contributed by atoms with E-state index in [2.05, 4.69) is 5.32 Å². The first-order valence-electron chi connectivity index (χ1n) is 4.19. The summed E-state index contributed by atoms with van der Waals surface area (Å²) >= 11 is 0. The van der Waals surface area contributed by atoms with Crippen LogP contribution in [-0.4, -0.2) is 12.5 Å². The van der Waals surface area contributed by atoms with Crippen LogP contribution in [0.4, 0.5) is 15.8 Å². The largest absolute Gasteiger partial charge is 0.398 e. The van der Waals surface area contributed by atoms with Crippen LogP contribution in [-0.2, 0) is 0 Å². The number of benzene rings is 1. The fraction of sp³-hybridized carbons (Fsp3) is 0.222. The molecule has 0 heterocycles. The van der Waals surface area contributed by atoms with E-state index >= 15 is 0 Å². The minimum Gasteiger partial charge on any atom is -0.398 e. The summed E-state index contributed by atoms with van der Waals surface area (Å²) < 4.78 is 13.2. The predicted octanol–water partition coefficient (Wildman–Crippen LogP) is 0.939. The highest BCUT2D eigenvalue weighted by molar-refractivity contribution is 5.99. The number of hydrogen-bond donors (Lipinski definition) is 3. The zero-order chi connectivity index (χ0) is 10.7. The minimum atomic E-state index is -0.665. The van der Waals surface area contributed by atoms with Gasteiger partial charge in [0.2, 0.25) is 0 Å². The van der Waals surface area contributed by atoms with Gasteiger partial charge in [-0.25, -0.2) is 4.39 Å². The number of nitrogen functional groups attached to an aromatic ring is 1. The maximum atomic E-state index is 13.2. The van der Waals surface area contributed by atoms with Gasteiger partial charge in [0, 0.05) is 12.2 Å². The molecule has 1 aromatic rings. The van der Waals surface area contributed by atoms with E-state index in [1.54, 1.807) is 0 Å². The molecule has 0 saturated heterocycles. The normalized spacial score (nSPS) is 9.86. The molecule has 1 amide bonds. The van der Waals surface area contributed by atoms with E-state index in [0.717, 1.165) is 6.07 Å². The van der Waals surface area contributed by atoms with Gasteiger partial charge in [-0.15, -0.1) is 0 Å². The van der Waals surface area contributed by atoms with Crippen molar-refractivity contribution in [2.75, 3.05) is 17.6 Å². The van der Waals surface area contributed by atoms with Gasteiger partial charge in [0.15, 0.2) is 0 Å². The van der Waals surface area contributed by atoms with Crippen molar-refractivity contribution >= 4 is 17.3 Å². The van der Waals surface area contributed by atoms with Crippen molar-refractivity contribution < 1.29 is 9.18 Å². The number of carbonyl (C=O) groups excluding carboxylic acids is 1. The highest BCUT2D eigenvalue weighted by atomic mass is 19.1. The van der Waals surface area contributed by atoms with Crippen molar-refractivity contribution in [3.8, 4) is 0 Å². The van der Waals surface area contributed by atoms with E-state index in [9.17, 15) is 9.18 Å². The third-order valence-electron chi connectivity index (χ3n) is 1.77. The van der Waals surface area contributed by atoms with Crippen molar-refractivity contribution in [2.24, 2.45) is 5.73 Å². The molecular weight excluding hydrogens is 185 g/mol. The molecule has 0 unspecified atom stereocenters. The van der Waals surface area contributed by atoms with Crippen molar-refractivity contribution in [2.45, 2.75) is 6.92 Å². The number of carbonyl (C=O) groups is 1.